The third-order valence-electron chi connectivity index (χ3n) is 6.97. The lowest BCUT2D eigenvalue weighted by molar-refractivity contribution is -0.160. The zero-order chi connectivity index (χ0) is 28.7. The molecule has 0 aliphatic rings. The quantitative estimate of drug-likeness (QED) is 0.0570. The van der Waals surface area contributed by atoms with Crippen LogP contribution in [0.25, 0.3) is 0 Å². The minimum absolute atomic E-state index is 0.0625. The normalized spacial score (nSPS) is 12.4. The number of aliphatic hydroxyl groups is 1. The van der Waals surface area contributed by atoms with Gasteiger partial charge in [-0.05, 0) is 57.8 Å². The van der Waals surface area contributed by atoms with Gasteiger partial charge >= 0.3 is 11.9 Å². The van der Waals surface area contributed by atoms with Crippen LogP contribution >= 0.6 is 0 Å². The molecule has 0 aliphatic heterocycles. The summed E-state index contributed by atoms with van der Waals surface area (Å²) in [5.74, 6) is -1.05. The van der Waals surface area contributed by atoms with Crippen molar-refractivity contribution in [3.63, 3.8) is 0 Å². The predicted molar refractivity (Wildman–Crippen MR) is 164 cm³/mol. The highest BCUT2D eigenvalue weighted by atomic mass is 16.6. The highest BCUT2D eigenvalue weighted by Crippen LogP contribution is 2.13. The Labute approximate surface area is 241 Å². The molecule has 1 N–H and O–H groups in total. The highest BCUT2D eigenvalue weighted by molar-refractivity contribution is 5.76. The summed E-state index contributed by atoms with van der Waals surface area (Å²) in [6.45, 7) is 4.45. The van der Waals surface area contributed by atoms with Crippen LogP contribution in [0.1, 0.15) is 162 Å². The minimum Gasteiger partial charge on any atom is -0.463 e. The van der Waals surface area contributed by atoms with Crippen LogP contribution in [-0.4, -0.2) is 36.4 Å². The summed E-state index contributed by atoms with van der Waals surface area (Å²) in [4.78, 5) is 23.7. The fourth-order valence-corrected chi connectivity index (χ4v) is 4.45. The van der Waals surface area contributed by atoms with Gasteiger partial charge < -0.3 is 14.6 Å². The van der Waals surface area contributed by atoms with Gasteiger partial charge in [0.25, 0.3) is 0 Å². The Kier molecular flexibility index (Phi) is 29.6. The van der Waals surface area contributed by atoms with E-state index in [4.69, 9.17) is 9.47 Å². The van der Waals surface area contributed by atoms with Gasteiger partial charge in [0.05, 0.1) is 19.1 Å². The summed E-state index contributed by atoms with van der Waals surface area (Å²) in [5.41, 5.74) is 0. The van der Waals surface area contributed by atoms with Crippen LogP contribution in [0.4, 0.5) is 0 Å². The van der Waals surface area contributed by atoms with E-state index in [2.05, 4.69) is 38.2 Å². The summed E-state index contributed by atoms with van der Waals surface area (Å²) in [5, 5.41) is 10.1. The van der Waals surface area contributed by atoms with Crippen molar-refractivity contribution < 1.29 is 24.2 Å². The van der Waals surface area contributed by atoms with E-state index >= 15 is 0 Å². The highest BCUT2D eigenvalue weighted by Gasteiger charge is 2.14. The maximum Gasteiger partial charge on any atom is 0.344 e. The molecule has 0 aromatic carbocycles. The van der Waals surface area contributed by atoms with Crippen LogP contribution in [0, 0.1) is 0 Å². The van der Waals surface area contributed by atoms with E-state index in [1.54, 1.807) is 0 Å². The molecule has 0 heterocycles. The topological polar surface area (TPSA) is 72.8 Å². The van der Waals surface area contributed by atoms with Gasteiger partial charge in [-0.15, -0.1) is 0 Å². The van der Waals surface area contributed by atoms with Gasteiger partial charge in [0.1, 0.15) is 0 Å². The molecule has 0 fully saturated rings. The maximum atomic E-state index is 11.9. The summed E-state index contributed by atoms with van der Waals surface area (Å²) >= 11 is 0. The van der Waals surface area contributed by atoms with Gasteiger partial charge in [-0.1, -0.05) is 122 Å². The average Bonchev–Trinajstić information content (AvgIpc) is 2.92. The van der Waals surface area contributed by atoms with Crippen LogP contribution in [0.3, 0.4) is 0 Å². The molecule has 0 saturated heterocycles. The predicted octanol–water partition coefficient (Wildman–Crippen LogP) is 9.56. The summed E-state index contributed by atoms with van der Waals surface area (Å²) in [6.07, 6.45) is 33.9. The van der Waals surface area contributed by atoms with Gasteiger partial charge in [0.2, 0.25) is 0 Å². The van der Waals surface area contributed by atoms with E-state index in [0.717, 1.165) is 38.5 Å². The molecule has 228 valence electrons. The number of esters is 2. The number of hydrogen-bond acceptors (Lipinski definition) is 5. The van der Waals surface area contributed by atoms with Crippen LogP contribution in [-0.2, 0) is 19.1 Å². The monoisotopic (exact) mass is 550 g/mol. The van der Waals surface area contributed by atoms with E-state index in [-0.39, 0.29) is 13.0 Å². The van der Waals surface area contributed by atoms with E-state index in [1.807, 2.05) is 0 Å². The molecule has 1 unspecified atom stereocenters. The standard InChI is InChI=1S/C34H62O5/c1-3-5-7-9-11-13-15-17-18-20-22-24-26-28-32(35)30-33(36)39-31-34(37)38-29-27-25-23-21-19-16-14-12-10-8-6-4-2/h9,11-12,14,32,35H,3-8,10,13,15-31H2,1-2H3/b11-9-,14-12-. The number of allylic oxidation sites excluding steroid dienone is 4. The number of aliphatic hydroxyl groups excluding tert-OH is 1. The Morgan fingerprint density at radius 3 is 1.59 bits per heavy atom. The first-order valence-corrected chi connectivity index (χ1v) is 16.4. The molecule has 0 saturated carbocycles. The van der Waals surface area contributed by atoms with E-state index in [1.165, 1.54) is 96.3 Å². The second-order valence-corrected chi connectivity index (χ2v) is 10.9. The van der Waals surface area contributed by atoms with Crippen molar-refractivity contribution in [1.29, 1.82) is 0 Å². The van der Waals surface area contributed by atoms with Crippen LogP contribution < -0.4 is 0 Å². The largest absolute Gasteiger partial charge is 0.463 e. The van der Waals surface area contributed by atoms with Gasteiger partial charge in [-0.25, -0.2) is 4.79 Å². The summed E-state index contributed by atoms with van der Waals surface area (Å²) in [6, 6.07) is 0. The molecule has 0 aromatic rings. The number of rotatable bonds is 29. The van der Waals surface area contributed by atoms with Gasteiger partial charge in [0, 0.05) is 0 Å². The third kappa shape index (κ3) is 30.8. The molecule has 0 bridgehead atoms. The van der Waals surface area contributed by atoms with Crippen molar-refractivity contribution in [1.82, 2.24) is 0 Å². The summed E-state index contributed by atoms with van der Waals surface area (Å²) < 4.78 is 10.1. The number of carbonyl (C=O) groups is 2. The fourth-order valence-electron chi connectivity index (χ4n) is 4.45. The van der Waals surface area contributed by atoms with Gasteiger partial charge in [-0.2, -0.15) is 0 Å². The number of ether oxygens (including phenoxy) is 2. The number of carbonyl (C=O) groups excluding carboxylic acids is 2. The molecule has 39 heavy (non-hydrogen) atoms. The molecule has 0 aromatic heterocycles. The van der Waals surface area contributed by atoms with Crippen LogP contribution in [0.5, 0.6) is 0 Å². The van der Waals surface area contributed by atoms with Crippen molar-refractivity contribution in [2.24, 2.45) is 0 Å². The lowest BCUT2D eigenvalue weighted by atomic mass is 10.0. The van der Waals surface area contributed by atoms with Crippen molar-refractivity contribution in [3.05, 3.63) is 24.3 Å². The molecule has 0 aliphatic carbocycles. The average molecular weight is 551 g/mol. The number of hydrogen-bond donors (Lipinski definition) is 1. The zero-order valence-electron chi connectivity index (χ0n) is 25.6. The fraction of sp³-hybridized carbons (Fsp3) is 0.824. The van der Waals surface area contributed by atoms with Crippen molar-refractivity contribution >= 4 is 11.9 Å². The first-order valence-electron chi connectivity index (χ1n) is 16.4. The van der Waals surface area contributed by atoms with Crippen molar-refractivity contribution in [2.45, 2.75) is 168 Å². The Morgan fingerprint density at radius 1 is 0.564 bits per heavy atom. The van der Waals surface area contributed by atoms with Gasteiger partial charge in [0.15, 0.2) is 6.61 Å². The third-order valence-corrected chi connectivity index (χ3v) is 6.97. The van der Waals surface area contributed by atoms with Crippen LogP contribution in [0.15, 0.2) is 24.3 Å². The van der Waals surface area contributed by atoms with E-state index in [9.17, 15) is 14.7 Å². The van der Waals surface area contributed by atoms with E-state index < -0.39 is 18.0 Å². The Balaban J connectivity index is 3.47. The molecular weight excluding hydrogens is 488 g/mol. The van der Waals surface area contributed by atoms with Crippen molar-refractivity contribution in [3.8, 4) is 0 Å². The second kappa shape index (κ2) is 30.9. The molecule has 1 atom stereocenters. The Morgan fingerprint density at radius 2 is 1.03 bits per heavy atom. The first-order chi connectivity index (χ1) is 19.1. The SMILES string of the molecule is CCCC/C=C\CCCCCCCCCC(O)CC(=O)OCC(=O)OCCCCCCC/C=C\CCCCC. The molecular formula is C34H62O5. The molecule has 0 amide bonds. The first kappa shape index (κ1) is 37.4. The molecule has 5 nitrogen and oxygen atoms in total. The molecule has 5 heteroatoms. The van der Waals surface area contributed by atoms with Crippen molar-refractivity contribution in [2.75, 3.05) is 13.2 Å². The van der Waals surface area contributed by atoms with E-state index in [0.29, 0.717) is 13.0 Å². The number of unbranched alkanes of at least 4 members (excludes halogenated alkanes) is 17. The molecule has 0 spiro atoms. The Bertz CT molecular complexity index is 598. The minimum atomic E-state index is -0.704. The second-order valence-electron chi connectivity index (χ2n) is 10.9. The zero-order valence-corrected chi connectivity index (χ0v) is 25.6. The summed E-state index contributed by atoms with van der Waals surface area (Å²) in [7, 11) is 0. The Hall–Kier alpha value is -1.62. The molecule has 0 rings (SSSR count). The molecule has 0 radical (unpaired) electrons. The lowest BCUT2D eigenvalue weighted by Crippen LogP contribution is -2.20. The van der Waals surface area contributed by atoms with Crippen LogP contribution in [0.2, 0.25) is 0 Å². The maximum absolute atomic E-state index is 11.9. The lowest BCUT2D eigenvalue weighted by Gasteiger charge is -2.10. The van der Waals surface area contributed by atoms with Gasteiger partial charge in [-0.3, -0.25) is 4.79 Å². The smallest absolute Gasteiger partial charge is 0.344 e.